The maximum atomic E-state index is 12.6. The molecule has 0 saturated heterocycles. The molecule has 0 unspecified atom stereocenters. The quantitative estimate of drug-likeness (QED) is 0.103. The van der Waals surface area contributed by atoms with Crippen LogP contribution >= 0.6 is 23.2 Å². The summed E-state index contributed by atoms with van der Waals surface area (Å²) in [5, 5.41) is 19.5. The maximum absolute atomic E-state index is 12.6. The minimum Gasteiger partial charge on any atom is -0.489 e. The van der Waals surface area contributed by atoms with Crippen LogP contribution in [-0.4, -0.2) is 29.7 Å². The summed E-state index contributed by atoms with van der Waals surface area (Å²) in [6.07, 6.45) is 0. The number of esters is 1. The van der Waals surface area contributed by atoms with Gasteiger partial charge in [-0.3, -0.25) is 0 Å². The number of hydrogen-bond acceptors (Lipinski definition) is 6. The Kier molecular flexibility index (Phi) is 13.1. The molecule has 0 aliphatic heterocycles. The van der Waals surface area contributed by atoms with Crippen LogP contribution in [0.5, 0.6) is 11.5 Å². The number of carbonyl (C=O) groups excluding carboxylic acids is 1. The molecule has 0 aliphatic rings. The fourth-order valence-electron chi connectivity index (χ4n) is 5.22. The van der Waals surface area contributed by atoms with Crippen molar-refractivity contribution < 1.29 is 29.1 Å². The minimum absolute atomic E-state index is 0.262. The van der Waals surface area contributed by atoms with Crippen LogP contribution in [0.4, 0.5) is 0 Å². The van der Waals surface area contributed by atoms with E-state index in [0.29, 0.717) is 41.2 Å². The number of halogens is 2. The zero-order valence-electron chi connectivity index (χ0n) is 27.3. The van der Waals surface area contributed by atoms with E-state index >= 15 is 0 Å². The van der Waals surface area contributed by atoms with E-state index in [4.69, 9.17) is 37.4 Å². The van der Waals surface area contributed by atoms with Crippen LogP contribution in [-0.2, 0) is 18.0 Å². The Morgan fingerprint density at radius 3 is 1.64 bits per heavy atom. The first-order valence-electron chi connectivity index (χ1n) is 16.0. The van der Waals surface area contributed by atoms with Crippen molar-refractivity contribution in [2.75, 3.05) is 6.61 Å². The van der Waals surface area contributed by atoms with Crippen LogP contribution in [0.1, 0.15) is 28.4 Å². The van der Waals surface area contributed by atoms with E-state index in [-0.39, 0.29) is 11.4 Å². The first-order valence-corrected chi connectivity index (χ1v) is 16.7. The number of hydrogen-bond donors (Lipinski definition) is 2. The van der Waals surface area contributed by atoms with Gasteiger partial charge in [0.25, 0.3) is 0 Å². The van der Waals surface area contributed by atoms with Gasteiger partial charge in [-0.25, -0.2) is 4.79 Å². The molecule has 0 bridgehead atoms. The van der Waals surface area contributed by atoms with Crippen molar-refractivity contribution in [1.82, 2.24) is 0 Å². The van der Waals surface area contributed by atoms with Crippen molar-refractivity contribution in [3.05, 3.63) is 172 Å². The zero-order chi connectivity index (χ0) is 35.3. The van der Waals surface area contributed by atoms with Crippen molar-refractivity contribution >= 4 is 41.8 Å². The molecule has 6 aromatic carbocycles. The number of carbonyl (C=O) groups is 1. The fraction of sp³-hybridized carbons (Fsp3) is 0.0976. The topological polar surface area (TPSA) is 85.2 Å². The van der Waals surface area contributed by atoms with Crippen molar-refractivity contribution in [3.63, 3.8) is 0 Å². The van der Waals surface area contributed by atoms with Crippen LogP contribution in [0, 0.1) is 0 Å². The third kappa shape index (κ3) is 9.77. The second kappa shape index (κ2) is 18.1. The largest absolute Gasteiger partial charge is 0.492 e. The summed E-state index contributed by atoms with van der Waals surface area (Å²) in [4.78, 5) is 12.6. The number of benzene rings is 6. The minimum atomic E-state index is -1.60. The van der Waals surface area contributed by atoms with E-state index in [0.717, 1.165) is 39.1 Å². The first-order chi connectivity index (χ1) is 24.3. The van der Waals surface area contributed by atoms with Crippen molar-refractivity contribution in [3.8, 4) is 33.8 Å². The number of ether oxygens (including phenoxy) is 3. The molecule has 252 valence electrons. The predicted molar refractivity (Wildman–Crippen MR) is 201 cm³/mol. The summed E-state index contributed by atoms with van der Waals surface area (Å²) in [5.41, 5.74) is 6.37. The summed E-state index contributed by atoms with van der Waals surface area (Å²) in [5.74, 6) is 0.794. The summed E-state index contributed by atoms with van der Waals surface area (Å²) in [6.45, 7) is 2.93. The second-order valence-electron chi connectivity index (χ2n) is 11.1. The van der Waals surface area contributed by atoms with Crippen LogP contribution in [0.25, 0.3) is 22.3 Å². The molecule has 0 saturated carbocycles. The normalized spacial score (nSPS) is 10.4. The molecule has 0 radical (unpaired) electrons. The van der Waals surface area contributed by atoms with Gasteiger partial charge in [-0.2, -0.15) is 0 Å². The molecule has 6 aromatic rings. The second-order valence-corrected chi connectivity index (χ2v) is 11.9. The van der Waals surface area contributed by atoms with Gasteiger partial charge in [-0.1, -0.05) is 126 Å². The monoisotopic (exact) mass is 704 g/mol. The Balaban J connectivity index is 0.000000228. The molecule has 2 N–H and O–H groups in total. The lowest BCUT2D eigenvalue weighted by atomic mass is 9.79. The van der Waals surface area contributed by atoms with Gasteiger partial charge in [0.05, 0.1) is 12.2 Å². The lowest BCUT2D eigenvalue weighted by Crippen LogP contribution is -2.31. The third-order valence-electron chi connectivity index (χ3n) is 7.60. The van der Waals surface area contributed by atoms with Crippen LogP contribution in [0.3, 0.4) is 0 Å². The molecule has 9 heteroatoms. The van der Waals surface area contributed by atoms with Crippen LogP contribution in [0.15, 0.2) is 146 Å². The zero-order valence-corrected chi connectivity index (χ0v) is 28.9. The van der Waals surface area contributed by atoms with Gasteiger partial charge in [-0.05, 0) is 77.2 Å². The molecule has 0 fully saturated rings. The first kappa shape index (κ1) is 36.2. The molecule has 0 aliphatic carbocycles. The molecular weight excluding hydrogens is 670 g/mol. The molecule has 50 heavy (non-hydrogen) atoms. The van der Waals surface area contributed by atoms with Crippen LogP contribution in [0.2, 0.25) is 10.0 Å². The van der Waals surface area contributed by atoms with Gasteiger partial charge < -0.3 is 24.3 Å². The molecule has 0 amide bonds. The lowest BCUT2D eigenvalue weighted by molar-refractivity contribution is 0.0527. The molecule has 6 rings (SSSR count). The maximum Gasteiger partial charge on any atom is 0.492 e. The molecule has 0 heterocycles. The SMILES string of the molecule is CCOC(=O)c1ccccc1-c1ccccc1-c1cc(Cl)ccc1OCc1ccccc1.OB(O)c1cc(Cl)ccc1OCc1ccccc1. The van der Waals surface area contributed by atoms with Gasteiger partial charge in [0, 0.05) is 21.1 Å². The summed E-state index contributed by atoms with van der Waals surface area (Å²) < 4.78 is 17.0. The van der Waals surface area contributed by atoms with Crippen molar-refractivity contribution in [2.45, 2.75) is 20.1 Å². The van der Waals surface area contributed by atoms with Gasteiger partial charge in [-0.15, -0.1) is 0 Å². The van der Waals surface area contributed by atoms with E-state index in [1.54, 1.807) is 25.1 Å². The molecular formula is C41H35BCl2O6. The van der Waals surface area contributed by atoms with Gasteiger partial charge >= 0.3 is 13.1 Å². The summed E-state index contributed by atoms with van der Waals surface area (Å²) >= 11 is 12.2. The van der Waals surface area contributed by atoms with E-state index in [9.17, 15) is 14.8 Å². The Morgan fingerprint density at radius 2 is 1.06 bits per heavy atom. The lowest BCUT2D eigenvalue weighted by Gasteiger charge is -2.17. The fourth-order valence-corrected chi connectivity index (χ4v) is 5.57. The Bertz CT molecular complexity index is 2000. The molecule has 0 atom stereocenters. The highest BCUT2D eigenvalue weighted by Crippen LogP contribution is 2.40. The van der Waals surface area contributed by atoms with Gasteiger partial charge in [0.1, 0.15) is 24.7 Å². The molecule has 6 nitrogen and oxygen atoms in total. The van der Waals surface area contributed by atoms with E-state index < -0.39 is 7.12 Å². The highest BCUT2D eigenvalue weighted by molar-refractivity contribution is 6.60. The standard InChI is InChI=1S/C28H23ClO3.C13H12BClO3/c1-2-31-28(30)25-15-9-8-13-23(25)22-12-6-7-14-24(22)26-18-21(29)16-17-27(26)32-19-20-10-4-3-5-11-20;15-11-6-7-13(12(8-11)14(16)17)18-9-10-4-2-1-3-5-10/h3-18H,2,19H2,1H3;1-8,16-17H,9H2. The summed E-state index contributed by atoms with van der Waals surface area (Å²) in [7, 11) is -1.60. The predicted octanol–water partition coefficient (Wildman–Crippen LogP) is 9.03. The highest BCUT2D eigenvalue weighted by Gasteiger charge is 2.19. The van der Waals surface area contributed by atoms with E-state index in [1.807, 2.05) is 121 Å². The van der Waals surface area contributed by atoms with Crippen molar-refractivity contribution in [1.29, 1.82) is 0 Å². The van der Waals surface area contributed by atoms with Gasteiger partial charge in [0.15, 0.2) is 0 Å². The summed E-state index contributed by atoms with van der Waals surface area (Å²) in [6, 6.07) is 45.4. The Morgan fingerprint density at radius 1 is 0.580 bits per heavy atom. The van der Waals surface area contributed by atoms with Gasteiger partial charge in [0.2, 0.25) is 0 Å². The molecule has 0 spiro atoms. The number of rotatable bonds is 11. The van der Waals surface area contributed by atoms with Crippen LogP contribution < -0.4 is 14.9 Å². The third-order valence-corrected chi connectivity index (χ3v) is 8.07. The average molecular weight is 705 g/mol. The van der Waals surface area contributed by atoms with E-state index in [2.05, 4.69) is 0 Å². The van der Waals surface area contributed by atoms with E-state index in [1.165, 1.54) is 6.07 Å². The average Bonchev–Trinajstić information content (AvgIpc) is 3.15. The Hall–Kier alpha value is -5.05. The molecule has 0 aromatic heterocycles. The smallest absolute Gasteiger partial charge is 0.489 e. The highest BCUT2D eigenvalue weighted by atomic mass is 35.5. The van der Waals surface area contributed by atoms with Crippen molar-refractivity contribution in [2.24, 2.45) is 0 Å². The Labute approximate surface area is 302 Å².